The normalized spacial score (nSPS) is 11.1. The summed E-state index contributed by atoms with van der Waals surface area (Å²) >= 11 is 0. The Hall–Kier alpha value is -1.87. The second kappa shape index (κ2) is 13.1. The van der Waals surface area contributed by atoms with Crippen molar-refractivity contribution in [2.75, 3.05) is 0 Å². The van der Waals surface area contributed by atoms with Gasteiger partial charge in [-0.05, 0) is 13.8 Å². The molecule has 0 bridgehead atoms. The first kappa shape index (κ1) is 24.2. The van der Waals surface area contributed by atoms with Crippen LogP contribution in [0.3, 0.4) is 0 Å². The quantitative estimate of drug-likeness (QED) is 0.294. The molecular formula is C12H14MgO8. The van der Waals surface area contributed by atoms with Crippen molar-refractivity contribution in [1.82, 2.24) is 0 Å². The molecule has 21 heavy (non-hydrogen) atoms. The van der Waals surface area contributed by atoms with E-state index in [4.69, 9.17) is 0 Å². The zero-order valence-electron chi connectivity index (χ0n) is 11.7. The third-order valence-electron chi connectivity index (χ3n) is 1.58. The summed E-state index contributed by atoms with van der Waals surface area (Å²) in [4.78, 5) is 40.4. The second-order valence-electron chi connectivity index (χ2n) is 3.20. The van der Waals surface area contributed by atoms with Gasteiger partial charge < -0.3 is 29.3 Å². The van der Waals surface area contributed by atoms with Gasteiger partial charge in [-0.15, -0.1) is 0 Å². The van der Waals surface area contributed by atoms with E-state index in [1.165, 1.54) is 13.8 Å². The predicted molar refractivity (Wildman–Crippen MR) is 67.3 cm³/mol. The van der Waals surface area contributed by atoms with Crippen LogP contribution >= 0.6 is 0 Å². The number of hydrogen-bond acceptors (Lipinski definition) is 8. The molecule has 2 atom stereocenters. The van der Waals surface area contributed by atoms with Crippen LogP contribution in [0.2, 0.25) is 0 Å². The number of rotatable bonds is 6. The van der Waals surface area contributed by atoms with Crippen molar-refractivity contribution < 1.29 is 38.9 Å². The minimum absolute atomic E-state index is 0. The maximum absolute atomic E-state index is 10.3. The molecule has 0 fully saturated rings. The van der Waals surface area contributed by atoms with Crippen LogP contribution in [-0.4, -0.2) is 59.1 Å². The molecular weight excluding hydrogens is 296 g/mol. The molecule has 2 unspecified atom stereocenters. The van der Waals surface area contributed by atoms with Crippen molar-refractivity contribution in [3.8, 4) is 0 Å². The predicted octanol–water partition coefficient (Wildman–Crippen LogP) is -2.67. The van der Waals surface area contributed by atoms with Crippen LogP contribution in [-0.2, 0) is 28.7 Å². The molecule has 0 amide bonds. The average Bonchev–Trinajstić information content (AvgIpc) is 2.38. The molecule has 0 aliphatic carbocycles. The summed E-state index contributed by atoms with van der Waals surface area (Å²) in [5.74, 6) is -4.38. The number of ether oxygens (including phenoxy) is 2. The molecule has 0 aliphatic heterocycles. The van der Waals surface area contributed by atoms with Crippen LogP contribution in [0.5, 0.6) is 0 Å². The molecule has 0 heterocycles. The van der Waals surface area contributed by atoms with Crippen molar-refractivity contribution in [3.05, 3.63) is 25.3 Å². The van der Waals surface area contributed by atoms with Crippen molar-refractivity contribution in [1.29, 1.82) is 0 Å². The van der Waals surface area contributed by atoms with E-state index in [9.17, 15) is 29.4 Å². The van der Waals surface area contributed by atoms with Crippen LogP contribution < -0.4 is 10.2 Å². The standard InChI is InChI=1S/2C6H8O4.Mg/c2*1-3-5(7)10-4(2)6(8)9;/h2*3-4H,1H2,2H3,(H,8,9);/q;;+2/p-2. The van der Waals surface area contributed by atoms with Gasteiger partial charge in [-0.3, -0.25) is 0 Å². The van der Waals surface area contributed by atoms with Gasteiger partial charge >= 0.3 is 35.0 Å². The molecule has 0 saturated heterocycles. The Morgan fingerprint density at radius 1 is 0.857 bits per heavy atom. The Bertz CT molecular complexity index is 366. The fourth-order valence-electron chi connectivity index (χ4n) is 0.541. The first-order valence-corrected chi connectivity index (χ1v) is 5.23. The van der Waals surface area contributed by atoms with Crippen molar-refractivity contribution in [2.45, 2.75) is 26.1 Å². The number of carboxylic acid groups (broad SMARTS) is 2. The van der Waals surface area contributed by atoms with E-state index in [0.717, 1.165) is 12.2 Å². The molecule has 0 N–H and O–H groups in total. The molecule has 8 nitrogen and oxygen atoms in total. The van der Waals surface area contributed by atoms with E-state index in [-0.39, 0.29) is 23.1 Å². The number of aliphatic carboxylic acids is 2. The second-order valence-corrected chi connectivity index (χ2v) is 3.20. The van der Waals surface area contributed by atoms with Crippen LogP contribution in [0.4, 0.5) is 0 Å². The molecule has 0 rings (SSSR count). The van der Waals surface area contributed by atoms with E-state index in [1.54, 1.807) is 0 Å². The Morgan fingerprint density at radius 2 is 1.10 bits per heavy atom. The van der Waals surface area contributed by atoms with Gasteiger partial charge in [-0.1, -0.05) is 13.2 Å². The Morgan fingerprint density at radius 3 is 1.24 bits per heavy atom. The van der Waals surface area contributed by atoms with Crippen molar-refractivity contribution in [3.63, 3.8) is 0 Å². The minimum atomic E-state index is -1.42. The fraction of sp³-hybridized carbons (Fsp3) is 0.333. The SMILES string of the molecule is C=CC(=O)OC(C)C(=O)[O-].C=CC(=O)OC(C)C(=O)[O-].[Mg+2]. The third kappa shape index (κ3) is 14.3. The van der Waals surface area contributed by atoms with Gasteiger partial charge in [0, 0.05) is 12.2 Å². The molecule has 0 aromatic rings. The van der Waals surface area contributed by atoms with Gasteiger partial charge in [-0.2, -0.15) is 0 Å². The fourth-order valence-corrected chi connectivity index (χ4v) is 0.541. The number of carbonyl (C=O) groups is 4. The number of carboxylic acids is 2. The summed E-state index contributed by atoms with van der Waals surface area (Å²) in [6.45, 7) is 8.58. The van der Waals surface area contributed by atoms with Crippen LogP contribution in [0.25, 0.3) is 0 Å². The van der Waals surface area contributed by atoms with Crippen LogP contribution in [0.1, 0.15) is 13.8 Å². The molecule has 112 valence electrons. The van der Waals surface area contributed by atoms with E-state index >= 15 is 0 Å². The first-order chi connectivity index (χ1) is 9.15. The number of hydrogen-bond donors (Lipinski definition) is 0. The van der Waals surface area contributed by atoms with Gasteiger partial charge in [0.05, 0.1) is 11.9 Å². The van der Waals surface area contributed by atoms with Gasteiger partial charge in [0.15, 0.2) is 0 Å². The smallest absolute Gasteiger partial charge is 0.546 e. The first-order valence-electron chi connectivity index (χ1n) is 5.23. The zero-order chi connectivity index (χ0) is 16.3. The van der Waals surface area contributed by atoms with Gasteiger partial charge in [0.1, 0.15) is 12.2 Å². The Balaban J connectivity index is -0.000000295. The summed E-state index contributed by atoms with van der Waals surface area (Å²) in [5, 5.41) is 19.9. The van der Waals surface area contributed by atoms with Gasteiger partial charge in [0.2, 0.25) is 0 Å². The van der Waals surface area contributed by atoms with Gasteiger partial charge in [-0.25, -0.2) is 9.59 Å². The summed E-state index contributed by atoms with van der Waals surface area (Å²) in [6.07, 6.45) is -0.658. The van der Waals surface area contributed by atoms with Gasteiger partial charge in [0.25, 0.3) is 0 Å². The molecule has 0 aliphatic rings. The molecule has 9 heteroatoms. The topological polar surface area (TPSA) is 133 Å². The Labute approximate surface area is 137 Å². The largest absolute Gasteiger partial charge is 2.00 e. The van der Waals surface area contributed by atoms with Crippen LogP contribution in [0, 0.1) is 0 Å². The Kier molecular flexibility index (Phi) is 15.1. The summed E-state index contributed by atoms with van der Waals surface area (Å²) in [6, 6.07) is 0. The monoisotopic (exact) mass is 310 g/mol. The van der Waals surface area contributed by atoms with E-state index in [1.807, 2.05) is 0 Å². The summed E-state index contributed by atoms with van der Waals surface area (Å²) in [5.41, 5.74) is 0. The maximum atomic E-state index is 10.3. The van der Waals surface area contributed by atoms with E-state index in [2.05, 4.69) is 22.6 Å². The third-order valence-corrected chi connectivity index (χ3v) is 1.58. The average molecular weight is 311 g/mol. The summed E-state index contributed by atoms with van der Waals surface area (Å²) < 4.78 is 8.48. The molecule has 0 aromatic carbocycles. The molecule has 0 radical (unpaired) electrons. The molecule has 0 aromatic heterocycles. The number of carbonyl (C=O) groups excluding carboxylic acids is 4. The van der Waals surface area contributed by atoms with E-state index in [0.29, 0.717) is 0 Å². The maximum Gasteiger partial charge on any atom is 2.00 e. The van der Waals surface area contributed by atoms with Crippen molar-refractivity contribution in [2.24, 2.45) is 0 Å². The summed E-state index contributed by atoms with van der Waals surface area (Å²) in [7, 11) is 0. The van der Waals surface area contributed by atoms with Crippen LogP contribution in [0.15, 0.2) is 25.3 Å². The number of esters is 2. The minimum Gasteiger partial charge on any atom is -0.546 e. The molecule has 0 spiro atoms. The van der Waals surface area contributed by atoms with E-state index < -0.39 is 36.1 Å². The molecule has 0 saturated carbocycles. The zero-order valence-corrected chi connectivity index (χ0v) is 13.1. The van der Waals surface area contributed by atoms with Crippen molar-refractivity contribution >= 4 is 46.9 Å².